The number of benzene rings is 1. The van der Waals surface area contributed by atoms with Crippen LogP contribution in [-0.4, -0.2) is 33.1 Å². The van der Waals surface area contributed by atoms with Crippen LogP contribution in [0.15, 0.2) is 24.3 Å². The molecule has 0 saturated heterocycles. The second kappa shape index (κ2) is 6.03. The van der Waals surface area contributed by atoms with E-state index in [9.17, 15) is 13.2 Å². The molecule has 0 unspecified atom stereocenters. The molecule has 0 spiro atoms. The second-order valence-corrected chi connectivity index (χ2v) is 6.35. The molecule has 0 bridgehead atoms. The fourth-order valence-corrected chi connectivity index (χ4v) is 2.46. The third-order valence-electron chi connectivity index (χ3n) is 2.51. The zero-order valence-electron chi connectivity index (χ0n) is 11.1. The minimum absolute atomic E-state index is 0.115. The smallest absolute Gasteiger partial charge is 0.335 e. The molecule has 0 aliphatic heterocycles. The molecule has 19 heavy (non-hydrogen) atoms. The van der Waals surface area contributed by atoms with E-state index in [0.717, 1.165) is 4.31 Å². The first kappa shape index (κ1) is 15.5. The van der Waals surface area contributed by atoms with Gasteiger partial charge in [-0.05, 0) is 30.2 Å². The average molecular weight is 286 g/mol. The molecule has 0 fully saturated rings. The molecule has 0 radical (unpaired) electrons. The van der Waals surface area contributed by atoms with E-state index in [1.165, 1.54) is 31.3 Å². The maximum Gasteiger partial charge on any atom is 0.335 e. The van der Waals surface area contributed by atoms with Crippen molar-refractivity contribution in [3.63, 3.8) is 0 Å². The highest BCUT2D eigenvalue weighted by molar-refractivity contribution is 7.90. The van der Waals surface area contributed by atoms with E-state index in [1.54, 1.807) is 0 Å². The first-order valence-electron chi connectivity index (χ1n) is 5.81. The monoisotopic (exact) mass is 286 g/mol. The van der Waals surface area contributed by atoms with Crippen LogP contribution >= 0.6 is 0 Å². The summed E-state index contributed by atoms with van der Waals surface area (Å²) in [6, 6.07) is 5.65. The minimum Gasteiger partial charge on any atom is -0.478 e. The average Bonchev–Trinajstić information content (AvgIpc) is 2.35. The van der Waals surface area contributed by atoms with Crippen LogP contribution in [0.1, 0.15) is 24.2 Å². The first-order valence-corrected chi connectivity index (χ1v) is 7.25. The molecular weight excluding hydrogens is 268 g/mol. The Morgan fingerprint density at radius 2 is 1.84 bits per heavy atom. The van der Waals surface area contributed by atoms with Gasteiger partial charge in [0.05, 0.1) is 11.3 Å². The van der Waals surface area contributed by atoms with Crippen LogP contribution < -0.4 is 9.03 Å². The topological polar surface area (TPSA) is 86.7 Å². The molecule has 106 valence electrons. The Morgan fingerprint density at radius 3 is 2.26 bits per heavy atom. The third kappa shape index (κ3) is 4.22. The van der Waals surface area contributed by atoms with Crippen LogP contribution in [0.5, 0.6) is 0 Å². The maximum atomic E-state index is 12.0. The quantitative estimate of drug-likeness (QED) is 0.825. The number of carboxylic acid groups (broad SMARTS) is 1. The highest BCUT2D eigenvalue weighted by Crippen LogP contribution is 2.16. The SMILES string of the molecule is CC(C)CNS(=O)(=O)N(C)c1ccc(C(=O)O)cc1. The number of nitrogens with one attached hydrogen (secondary N) is 1. The van der Waals surface area contributed by atoms with Crippen LogP contribution in [0, 0.1) is 5.92 Å². The Morgan fingerprint density at radius 1 is 1.32 bits per heavy atom. The summed E-state index contributed by atoms with van der Waals surface area (Å²) in [6.07, 6.45) is 0. The molecule has 1 aromatic rings. The molecule has 0 amide bonds. The van der Waals surface area contributed by atoms with Gasteiger partial charge in [0.25, 0.3) is 0 Å². The predicted molar refractivity (Wildman–Crippen MR) is 73.6 cm³/mol. The van der Waals surface area contributed by atoms with Gasteiger partial charge in [0.1, 0.15) is 0 Å². The second-order valence-electron chi connectivity index (χ2n) is 4.57. The van der Waals surface area contributed by atoms with Gasteiger partial charge in [-0.25, -0.2) is 4.79 Å². The van der Waals surface area contributed by atoms with Gasteiger partial charge >= 0.3 is 16.2 Å². The van der Waals surface area contributed by atoms with Crippen LogP contribution in [-0.2, 0) is 10.2 Å². The number of nitrogens with zero attached hydrogens (tertiary/aromatic N) is 1. The van der Waals surface area contributed by atoms with Gasteiger partial charge in [-0.1, -0.05) is 13.8 Å². The van der Waals surface area contributed by atoms with Crippen molar-refractivity contribution in [2.24, 2.45) is 5.92 Å². The molecule has 0 atom stereocenters. The lowest BCUT2D eigenvalue weighted by atomic mass is 10.2. The lowest BCUT2D eigenvalue weighted by Gasteiger charge is -2.20. The molecule has 0 aromatic heterocycles. The summed E-state index contributed by atoms with van der Waals surface area (Å²) in [7, 11) is -2.19. The lowest BCUT2D eigenvalue weighted by molar-refractivity contribution is 0.0697. The molecule has 0 aliphatic rings. The third-order valence-corrected chi connectivity index (χ3v) is 3.98. The largest absolute Gasteiger partial charge is 0.478 e. The zero-order valence-corrected chi connectivity index (χ0v) is 11.9. The van der Waals surface area contributed by atoms with Gasteiger partial charge in [-0.15, -0.1) is 0 Å². The van der Waals surface area contributed by atoms with Crippen molar-refractivity contribution in [3.05, 3.63) is 29.8 Å². The number of anilines is 1. The molecule has 2 N–H and O–H groups in total. The summed E-state index contributed by atoms with van der Waals surface area (Å²) >= 11 is 0. The number of carbonyl (C=O) groups is 1. The van der Waals surface area contributed by atoms with E-state index in [2.05, 4.69) is 4.72 Å². The maximum absolute atomic E-state index is 12.0. The Labute approximate surface area is 113 Å². The molecule has 7 heteroatoms. The normalized spacial score (nSPS) is 11.6. The van der Waals surface area contributed by atoms with Crippen LogP contribution in [0.2, 0.25) is 0 Å². The van der Waals surface area contributed by atoms with Crippen molar-refractivity contribution in [1.82, 2.24) is 4.72 Å². The van der Waals surface area contributed by atoms with Gasteiger partial charge in [0, 0.05) is 13.6 Å². The fourth-order valence-electron chi connectivity index (χ4n) is 1.32. The van der Waals surface area contributed by atoms with Crippen molar-refractivity contribution >= 4 is 21.9 Å². The minimum atomic E-state index is -3.61. The number of carboxylic acids is 1. The van der Waals surface area contributed by atoms with Gasteiger partial charge in [-0.3, -0.25) is 4.31 Å². The van der Waals surface area contributed by atoms with E-state index in [-0.39, 0.29) is 11.5 Å². The number of hydrogen-bond acceptors (Lipinski definition) is 3. The highest BCUT2D eigenvalue weighted by Gasteiger charge is 2.18. The van der Waals surface area contributed by atoms with Crippen molar-refractivity contribution in [3.8, 4) is 0 Å². The Hall–Kier alpha value is -1.60. The van der Waals surface area contributed by atoms with Gasteiger partial charge in [0.2, 0.25) is 0 Å². The summed E-state index contributed by atoms with van der Waals surface area (Å²) in [6.45, 7) is 4.16. The molecule has 6 nitrogen and oxygen atoms in total. The van der Waals surface area contributed by atoms with E-state index in [1.807, 2.05) is 13.8 Å². The van der Waals surface area contributed by atoms with Crippen molar-refractivity contribution in [2.45, 2.75) is 13.8 Å². The first-order chi connectivity index (χ1) is 8.74. The van der Waals surface area contributed by atoms with Gasteiger partial charge in [-0.2, -0.15) is 13.1 Å². The lowest BCUT2D eigenvalue weighted by Crippen LogP contribution is -2.39. The number of rotatable bonds is 6. The fraction of sp³-hybridized carbons (Fsp3) is 0.417. The van der Waals surface area contributed by atoms with E-state index in [0.29, 0.717) is 12.2 Å². The highest BCUT2D eigenvalue weighted by atomic mass is 32.2. The number of aromatic carboxylic acids is 1. The predicted octanol–water partition coefficient (Wildman–Crippen LogP) is 1.31. The van der Waals surface area contributed by atoms with Crippen LogP contribution in [0.3, 0.4) is 0 Å². The Kier molecular flexibility index (Phi) is 4.90. The molecule has 0 saturated carbocycles. The van der Waals surface area contributed by atoms with Crippen LogP contribution in [0.25, 0.3) is 0 Å². The summed E-state index contributed by atoms with van der Waals surface area (Å²) in [5.41, 5.74) is 0.519. The standard InChI is InChI=1S/C12H18N2O4S/c1-9(2)8-13-19(17,18)14(3)11-6-4-10(5-7-11)12(15)16/h4-7,9,13H,8H2,1-3H3,(H,15,16). The van der Waals surface area contributed by atoms with Gasteiger partial charge in [0.15, 0.2) is 0 Å². The van der Waals surface area contributed by atoms with E-state index < -0.39 is 16.2 Å². The summed E-state index contributed by atoms with van der Waals surface area (Å²) in [5, 5.41) is 8.78. The zero-order chi connectivity index (χ0) is 14.6. The number of hydrogen-bond donors (Lipinski definition) is 2. The summed E-state index contributed by atoms with van der Waals surface area (Å²) < 4.78 is 27.5. The van der Waals surface area contributed by atoms with E-state index in [4.69, 9.17) is 5.11 Å². The molecule has 1 rings (SSSR count). The molecule has 1 aromatic carbocycles. The molecular formula is C12H18N2O4S. The van der Waals surface area contributed by atoms with Gasteiger partial charge < -0.3 is 5.11 Å². The molecule has 0 aliphatic carbocycles. The Balaban J connectivity index is 2.87. The Bertz CT molecular complexity index is 537. The summed E-state index contributed by atoms with van der Waals surface area (Å²) in [5.74, 6) is -0.840. The van der Waals surface area contributed by atoms with Crippen molar-refractivity contribution < 1.29 is 18.3 Å². The summed E-state index contributed by atoms with van der Waals surface area (Å²) in [4.78, 5) is 10.7. The van der Waals surface area contributed by atoms with Crippen LogP contribution in [0.4, 0.5) is 5.69 Å². The van der Waals surface area contributed by atoms with E-state index >= 15 is 0 Å². The van der Waals surface area contributed by atoms with Crippen molar-refractivity contribution in [1.29, 1.82) is 0 Å². The molecule has 0 heterocycles. The van der Waals surface area contributed by atoms with Crippen molar-refractivity contribution in [2.75, 3.05) is 17.9 Å².